The van der Waals surface area contributed by atoms with Gasteiger partial charge in [-0.3, -0.25) is 9.48 Å². The van der Waals surface area contributed by atoms with Crippen molar-refractivity contribution in [2.24, 2.45) is 0 Å². The van der Waals surface area contributed by atoms with E-state index in [-0.39, 0.29) is 24.2 Å². The number of rotatable bonds is 4. The molecule has 22 heavy (non-hydrogen) atoms. The Morgan fingerprint density at radius 2 is 2.27 bits per heavy atom. The van der Waals surface area contributed by atoms with Crippen molar-refractivity contribution in [3.05, 3.63) is 17.5 Å². The zero-order valence-corrected chi connectivity index (χ0v) is 13.6. The molecule has 0 aromatic carbocycles. The summed E-state index contributed by atoms with van der Waals surface area (Å²) in [6, 6.07) is 1.99. The smallest absolute Gasteiger partial charge is 0.272 e. The molecule has 0 unspecified atom stereocenters. The Bertz CT molecular complexity index is 543. The molecule has 3 rings (SSSR count). The summed E-state index contributed by atoms with van der Waals surface area (Å²) < 4.78 is 13.6. The first-order valence-corrected chi connectivity index (χ1v) is 8.24. The first-order valence-electron chi connectivity index (χ1n) is 8.24. The lowest BCUT2D eigenvalue weighted by Gasteiger charge is -2.31. The Labute approximate surface area is 131 Å². The van der Waals surface area contributed by atoms with Crippen molar-refractivity contribution in [2.75, 3.05) is 19.8 Å². The lowest BCUT2D eigenvalue weighted by Crippen LogP contribution is -2.47. The van der Waals surface area contributed by atoms with Crippen LogP contribution < -0.4 is 0 Å². The Kier molecular flexibility index (Phi) is 4.49. The van der Waals surface area contributed by atoms with E-state index < -0.39 is 0 Å². The first kappa shape index (κ1) is 15.5. The number of amides is 1. The number of aromatic nitrogens is 2. The molecule has 0 spiro atoms. The molecule has 1 aliphatic carbocycles. The lowest BCUT2D eigenvalue weighted by atomic mass is 10.1. The molecule has 1 aliphatic heterocycles. The Morgan fingerprint density at radius 1 is 1.45 bits per heavy atom. The van der Waals surface area contributed by atoms with Crippen LogP contribution in [0, 0.1) is 6.92 Å². The Hall–Kier alpha value is -1.40. The number of fused-ring (bicyclic) bond motifs is 2. The van der Waals surface area contributed by atoms with Crippen LogP contribution in [0.5, 0.6) is 0 Å². The standard InChI is InChI=1S/C16H25N3O3/c1-4-19-13(10-11(3)17-19)16(20)18-8-9-22-14-7-6-12(18)15(14)21-5-2/h10,12,14-15H,4-9H2,1-3H3/t12-,14-,15+/m1/s1. The summed E-state index contributed by atoms with van der Waals surface area (Å²) in [5, 5.41) is 4.39. The maximum absolute atomic E-state index is 13.0. The molecule has 0 radical (unpaired) electrons. The molecule has 122 valence electrons. The van der Waals surface area contributed by atoms with E-state index in [1.54, 1.807) is 4.68 Å². The first-order chi connectivity index (χ1) is 10.7. The van der Waals surface area contributed by atoms with Crippen LogP contribution >= 0.6 is 0 Å². The average molecular weight is 307 g/mol. The Balaban J connectivity index is 1.87. The maximum atomic E-state index is 13.0. The fraction of sp³-hybridized carbons (Fsp3) is 0.750. The summed E-state index contributed by atoms with van der Waals surface area (Å²) in [4.78, 5) is 15.0. The van der Waals surface area contributed by atoms with Crippen LogP contribution in [0.4, 0.5) is 0 Å². The third-order valence-electron chi connectivity index (χ3n) is 4.60. The van der Waals surface area contributed by atoms with Gasteiger partial charge in [-0.15, -0.1) is 0 Å². The van der Waals surface area contributed by atoms with Crippen molar-refractivity contribution in [3.63, 3.8) is 0 Å². The van der Waals surface area contributed by atoms with E-state index in [1.807, 2.05) is 31.7 Å². The van der Waals surface area contributed by atoms with Gasteiger partial charge in [0, 0.05) is 19.7 Å². The third kappa shape index (κ3) is 2.65. The van der Waals surface area contributed by atoms with E-state index in [9.17, 15) is 4.79 Å². The number of ether oxygens (including phenoxy) is 2. The van der Waals surface area contributed by atoms with E-state index in [0.29, 0.717) is 32.0 Å². The van der Waals surface area contributed by atoms with Gasteiger partial charge in [0.05, 0.1) is 24.4 Å². The predicted molar refractivity (Wildman–Crippen MR) is 81.9 cm³/mol. The molecule has 3 atom stereocenters. The Morgan fingerprint density at radius 3 is 3.00 bits per heavy atom. The molecule has 2 bridgehead atoms. The second-order valence-electron chi connectivity index (χ2n) is 5.96. The fourth-order valence-electron chi connectivity index (χ4n) is 3.66. The largest absolute Gasteiger partial charge is 0.374 e. The van der Waals surface area contributed by atoms with Crippen molar-refractivity contribution in [1.82, 2.24) is 14.7 Å². The van der Waals surface area contributed by atoms with Gasteiger partial charge in [0.2, 0.25) is 0 Å². The molecular formula is C16H25N3O3. The predicted octanol–water partition coefficient (Wildman–Crippen LogP) is 1.62. The second-order valence-corrected chi connectivity index (χ2v) is 5.96. The monoisotopic (exact) mass is 307 g/mol. The van der Waals surface area contributed by atoms with Crippen LogP contribution in [0.2, 0.25) is 0 Å². The summed E-state index contributed by atoms with van der Waals surface area (Å²) in [5.74, 6) is 0.0447. The molecule has 1 aromatic rings. The van der Waals surface area contributed by atoms with Gasteiger partial charge in [-0.1, -0.05) is 0 Å². The second kappa shape index (κ2) is 6.38. The molecule has 2 fully saturated rings. The van der Waals surface area contributed by atoms with Crippen molar-refractivity contribution in [3.8, 4) is 0 Å². The molecule has 0 N–H and O–H groups in total. The minimum absolute atomic E-state index is 0.00413. The molecule has 1 aromatic heterocycles. The summed E-state index contributed by atoms with van der Waals surface area (Å²) in [6.07, 6.45) is 2.03. The SMILES string of the molecule is CCO[C@H]1[C@H]2CC[C@H]1OCCN2C(=O)c1cc(C)nn1CC. The van der Waals surface area contributed by atoms with Gasteiger partial charge in [0.1, 0.15) is 11.8 Å². The zero-order valence-electron chi connectivity index (χ0n) is 13.6. The highest BCUT2D eigenvalue weighted by molar-refractivity contribution is 5.93. The number of hydrogen-bond acceptors (Lipinski definition) is 4. The fourth-order valence-corrected chi connectivity index (χ4v) is 3.66. The number of carbonyl (C=O) groups excluding carboxylic acids is 1. The van der Waals surface area contributed by atoms with Gasteiger partial charge >= 0.3 is 0 Å². The van der Waals surface area contributed by atoms with E-state index in [1.165, 1.54) is 0 Å². The van der Waals surface area contributed by atoms with Crippen molar-refractivity contribution >= 4 is 5.91 Å². The summed E-state index contributed by atoms with van der Waals surface area (Å²) in [6.45, 7) is 8.46. The number of nitrogens with zero attached hydrogens (tertiary/aromatic N) is 3. The highest BCUT2D eigenvalue weighted by atomic mass is 16.5. The van der Waals surface area contributed by atoms with Crippen LogP contribution in [-0.4, -0.2) is 58.6 Å². The molecule has 6 nitrogen and oxygen atoms in total. The summed E-state index contributed by atoms with van der Waals surface area (Å²) in [7, 11) is 0. The quantitative estimate of drug-likeness (QED) is 0.848. The minimum atomic E-state index is -0.00413. The minimum Gasteiger partial charge on any atom is -0.374 e. The highest BCUT2D eigenvalue weighted by Crippen LogP contribution is 2.32. The van der Waals surface area contributed by atoms with Crippen LogP contribution in [-0.2, 0) is 16.0 Å². The number of carbonyl (C=O) groups is 1. The summed E-state index contributed by atoms with van der Waals surface area (Å²) in [5.41, 5.74) is 1.54. The van der Waals surface area contributed by atoms with E-state index >= 15 is 0 Å². The average Bonchev–Trinajstić information content (AvgIpc) is 3.00. The normalized spacial score (nSPS) is 28.0. The van der Waals surface area contributed by atoms with Crippen LogP contribution in [0.25, 0.3) is 0 Å². The van der Waals surface area contributed by atoms with E-state index in [4.69, 9.17) is 9.47 Å². The van der Waals surface area contributed by atoms with Gasteiger partial charge in [-0.2, -0.15) is 5.10 Å². The molecule has 6 heteroatoms. The van der Waals surface area contributed by atoms with Gasteiger partial charge in [-0.25, -0.2) is 0 Å². The number of aryl methyl sites for hydroxylation is 2. The molecule has 1 saturated heterocycles. The van der Waals surface area contributed by atoms with E-state index in [2.05, 4.69) is 5.10 Å². The van der Waals surface area contributed by atoms with Crippen LogP contribution in [0.15, 0.2) is 6.07 Å². The third-order valence-corrected chi connectivity index (χ3v) is 4.60. The van der Waals surface area contributed by atoms with E-state index in [0.717, 1.165) is 18.5 Å². The van der Waals surface area contributed by atoms with Crippen LogP contribution in [0.1, 0.15) is 42.9 Å². The molecular weight excluding hydrogens is 282 g/mol. The summed E-state index contributed by atoms with van der Waals surface area (Å²) >= 11 is 0. The van der Waals surface area contributed by atoms with Crippen molar-refractivity contribution in [1.29, 1.82) is 0 Å². The zero-order chi connectivity index (χ0) is 15.7. The van der Waals surface area contributed by atoms with Crippen molar-refractivity contribution < 1.29 is 14.3 Å². The van der Waals surface area contributed by atoms with Crippen LogP contribution in [0.3, 0.4) is 0 Å². The molecule has 1 amide bonds. The highest BCUT2D eigenvalue weighted by Gasteiger charge is 2.45. The lowest BCUT2D eigenvalue weighted by molar-refractivity contribution is -0.0484. The maximum Gasteiger partial charge on any atom is 0.272 e. The number of hydrogen-bond donors (Lipinski definition) is 0. The molecule has 2 heterocycles. The van der Waals surface area contributed by atoms with Gasteiger partial charge in [-0.05, 0) is 39.7 Å². The molecule has 1 saturated carbocycles. The van der Waals surface area contributed by atoms with Gasteiger partial charge in [0.25, 0.3) is 5.91 Å². The van der Waals surface area contributed by atoms with Gasteiger partial charge in [0.15, 0.2) is 0 Å². The topological polar surface area (TPSA) is 56.6 Å². The van der Waals surface area contributed by atoms with Gasteiger partial charge < -0.3 is 14.4 Å². The molecule has 2 aliphatic rings. The van der Waals surface area contributed by atoms with Crippen molar-refractivity contribution in [2.45, 2.75) is 58.4 Å².